The molecule has 3 heterocycles. The average molecular weight is 532 g/mol. The lowest BCUT2D eigenvalue weighted by Gasteiger charge is -2.43. The van der Waals surface area contributed by atoms with Crippen molar-refractivity contribution < 1.29 is 18.7 Å². The van der Waals surface area contributed by atoms with Crippen molar-refractivity contribution in [2.75, 3.05) is 11.9 Å². The molecule has 1 fully saturated rings. The molecule has 0 aliphatic carbocycles. The van der Waals surface area contributed by atoms with E-state index in [2.05, 4.69) is 20.5 Å². The highest BCUT2D eigenvalue weighted by molar-refractivity contribution is 6.30. The molecule has 10 heteroatoms. The summed E-state index contributed by atoms with van der Waals surface area (Å²) in [4.78, 5) is 19.1. The zero-order chi connectivity index (χ0) is 26.7. The Bertz CT molecular complexity index is 1280. The number of hydrogen-bond donors (Lipinski definition) is 3. The predicted molar refractivity (Wildman–Crippen MR) is 139 cm³/mol. The molecule has 3 N–H and O–H groups in total. The molecule has 1 aromatic carbocycles. The van der Waals surface area contributed by atoms with E-state index in [0.717, 1.165) is 12.1 Å². The summed E-state index contributed by atoms with van der Waals surface area (Å²) in [5.74, 6) is -0.922. The van der Waals surface area contributed by atoms with E-state index in [-0.39, 0.29) is 36.0 Å². The van der Waals surface area contributed by atoms with Crippen LogP contribution < -0.4 is 5.32 Å². The number of hydrogen-bond acceptors (Lipinski definition) is 5. The number of aromatic nitrogens is 3. The predicted octanol–water partition coefficient (Wildman–Crippen LogP) is 6.04. The third kappa shape index (κ3) is 5.93. The average Bonchev–Trinajstić information content (AvgIpc) is 3.25. The van der Waals surface area contributed by atoms with Gasteiger partial charge in [-0.2, -0.15) is 5.10 Å². The highest BCUT2D eigenvalue weighted by Crippen LogP contribution is 2.40. The summed E-state index contributed by atoms with van der Waals surface area (Å²) in [7, 11) is 0. The van der Waals surface area contributed by atoms with Gasteiger partial charge in [0.25, 0.3) is 0 Å². The third-order valence-corrected chi connectivity index (χ3v) is 7.43. The summed E-state index contributed by atoms with van der Waals surface area (Å²) < 4.78 is 30.0. The van der Waals surface area contributed by atoms with Crippen molar-refractivity contribution in [1.82, 2.24) is 20.1 Å². The lowest BCUT2D eigenvalue weighted by molar-refractivity contribution is -0.153. The van der Waals surface area contributed by atoms with Gasteiger partial charge in [0.05, 0.1) is 16.1 Å². The normalized spacial score (nSPS) is 20.2. The van der Waals surface area contributed by atoms with Gasteiger partial charge in [0, 0.05) is 36.3 Å². The first kappa shape index (κ1) is 27.0. The van der Waals surface area contributed by atoms with Crippen LogP contribution in [0.2, 0.25) is 5.02 Å². The molecular formula is C27H32ClF2N5O2. The Morgan fingerprint density at radius 1 is 1.27 bits per heavy atom. The van der Waals surface area contributed by atoms with Crippen LogP contribution in [0.4, 0.5) is 20.4 Å². The second-order valence-corrected chi connectivity index (χ2v) is 10.4. The number of benzene rings is 1. The zero-order valence-electron chi connectivity index (χ0n) is 21.2. The number of aryl methyl sites for hydroxylation is 2. The molecule has 1 saturated heterocycles. The molecule has 1 aliphatic heterocycles. The molecule has 2 atom stereocenters. The van der Waals surface area contributed by atoms with Crippen LogP contribution in [-0.2, 0) is 24.2 Å². The van der Waals surface area contributed by atoms with Crippen molar-refractivity contribution in [2.45, 2.75) is 65.5 Å². The Morgan fingerprint density at radius 2 is 2.05 bits per heavy atom. The number of pyridine rings is 1. The number of aromatic amines is 1. The van der Waals surface area contributed by atoms with E-state index in [9.17, 15) is 14.3 Å². The molecule has 0 saturated carbocycles. The van der Waals surface area contributed by atoms with Crippen LogP contribution in [0.25, 0.3) is 0 Å². The highest BCUT2D eigenvalue weighted by Gasteiger charge is 2.45. The first-order valence-electron chi connectivity index (χ1n) is 12.5. The second kappa shape index (κ2) is 11.1. The Kier molecular flexibility index (Phi) is 8.14. The maximum absolute atomic E-state index is 15.5. The lowest BCUT2D eigenvalue weighted by atomic mass is 9.72. The van der Waals surface area contributed by atoms with Crippen molar-refractivity contribution in [1.29, 1.82) is 0 Å². The summed E-state index contributed by atoms with van der Waals surface area (Å²) in [6.45, 7) is 6.49. The van der Waals surface area contributed by atoms with Gasteiger partial charge in [0.2, 0.25) is 0 Å². The monoisotopic (exact) mass is 531 g/mol. The van der Waals surface area contributed by atoms with Crippen LogP contribution in [0.15, 0.2) is 30.3 Å². The molecule has 3 aromatic rings. The molecule has 1 aliphatic rings. The second-order valence-electron chi connectivity index (χ2n) is 9.99. The Hall–Kier alpha value is -3.04. The fourth-order valence-electron chi connectivity index (χ4n) is 5.14. The van der Waals surface area contributed by atoms with Crippen molar-refractivity contribution in [2.24, 2.45) is 5.41 Å². The molecule has 0 bridgehead atoms. The molecule has 0 radical (unpaired) electrons. The molecule has 0 unspecified atom stereocenters. The number of nitrogens with zero attached hydrogens (tertiary/aromatic N) is 3. The standard InChI is InChI=1S/C27H32ClF2N5O2/c1-4-6-18-12-22(32-23-11-16(2)33-34-23)31-21(25(18)30)14-27(26(36)37)9-10-35(17(3)13-27)15-19-7-5-8-20(28)24(19)29/h5,7-8,11-12,17H,4,6,9-10,13-15H2,1-3H3,(H,36,37)(H2,31,32,33,34)/t17-,27-/m1/s1. The molecule has 4 rings (SSSR count). The topological polar surface area (TPSA) is 94.1 Å². The number of anilines is 2. The van der Waals surface area contributed by atoms with Gasteiger partial charge < -0.3 is 10.4 Å². The van der Waals surface area contributed by atoms with Crippen LogP contribution in [0.3, 0.4) is 0 Å². The molecule has 198 valence electrons. The van der Waals surface area contributed by atoms with Crippen molar-refractivity contribution in [3.05, 3.63) is 69.5 Å². The van der Waals surface area contributed by atoms with E-state index in [4.69, 9.17) is 11.6 Å². The number of piperidine rings is 1. The fourth-order valence-corrected chi connectivity index (χ4v) is 5.33. The quantitative estimate of drug-likeness (QED) is 0.312. The first-order chi connectivity index (χ1) is 17.6. The number of halogens is 3. The minimum absolute atomic E-state index is 0.0380. The molecule has 37 heavy (non-hydrogen) atoms. The SMILES string of the molecule is CCCc1cc(Nc2cc(C)[nH]n2)nc(C[C@@]2(C(=O)O)CCN(Cc3cccc(Cl)c3F)[C@H](C)C2)c1F. The van der Waals surface area contributed by atoms with Gasteiger partial charge in [-0.05, 0) is 57.4 Å². The summed E-state index contributed by atoms with van der Waals surface area (Å²) >= 11 is 5.94. The van der Waals surface area contributed by atoms with Crippen LogP contribution in [0.1, 0.15) is 55.6 Å². The van der Waals surface area contributed by atoms with E-state index in [1.807, 2.05) is 31.7 Å². The van der Waals surface area contributed by atoms with E-state index >= 15 is 4.39 Å². The minimum atomic E-state index is -1.19. The van der Waals surface area contributed by atoms with Crippen molar-refractivity contribution in [3.63, 3.8) is 0 Å². The van der Waals surface area contributed by atoms with Gasteiger partial charge in [-0.3, -0.25) is 14.8 Å². The molecule has 7 nitrogen and oxygen atoms in total. The number of carboxylic acids is 1. The first-order valence-corrected chi connectivity index (χ1v) is 12.9. The Morgan fingerprint density at radius 3 is 2.70 bits per heavy atom. The third-order valence-electron chi connectivity index (χ3n) is 7.13. The summed E-state index contributed by atoms with van der Waals surface area (Å²) in [5.41, 5.74) is 0.754. The molecule has 2 aromatic heterocycles. The van der Waals surface area contributed by atoms with Crippen molar-refractivity contribution >= 4 is 29.2 Å². The minimum Gasteiger partial charge on any atom is -0.481 e. The van der Waals surface area contributed by atoms with Gasteiger partial charge >= 0.3 is 5.97 Å². The van der Waals surface area contributed by atoms with Gasteiger partial charge in [-0.15, -0.1) is 0 Å². The highest BCUT2D eigenvalue weighted by atomic mass is 35.5. The molecule has 0 spiro atoms. The van der Waals surface area contributed by atoms with E-state index in [0.29, 0.717) is 42.3 Å². The smallest absolute Gasteiger partial charge is 0.310 e. The fraction of sp³-hybridized carbons (Fsp3) is 0.444. The largest absolute Gasteiger partial charge is 0.481 e. The number of aliphatic carboxylic acids is 1. The van der Waals surface area contributed by atoms with Crippen LogP contribution in [-0.4, -0.2) is 43.7 Å². The van der Waals surface area contributed by atoms with Gasteiger partial charge in [-0.25, -0.2) is 13.8 Å². The maximum Gasteiger partial charge on any atom is 0.310 e. The summed E-state index contributed by atoms with van der Waals surface area (Å²) in [6.07, 6.45) is 1.77. The lowest BCUT2D eigenvalue weighted by Crippen LogP contribution is -2.50. The number of rotatable bonds is 9. The number of H-pyrrole nitrogens is 1. The zero-order valence-corrected chi connectivity index (χ0v) is 22.0. The Balaban J connectivity index is 1.59. The number of carbonyl (C=O) groups is 1. The number of carboxylic acid groups (broad SMARTS) is 1. The summed E-state index contributed by atoms with van der Waals surface area (Å²) in [5, 5.41) is 20.5. The van der Waals surface area contributed by atoms with Gasteiger partial charge in [0.15, 0.2) is 5.82 Å². The van der Waals surface area contributed by atoms with E-state index in [1.165, 1.54) is 6.07 Å². The Labute approximate surface area is 220 Å². The van der Waals surface area contributed by atoms with Crippen molar-refractivity contribution in [3.8, 4) is 0 Å². The molecular weight excluding hydrogens is 500 g/mol. The van der Waals surface area contributed by atoms with Crippen LogP contribution in [0.5, 0.6) is 0 Å². The van der Waals surface area contributed by atoms with Crippen LogP contribution in [0, 0.1) is 24.0 Å². The maximum atomic E-state index is 15.5. The summed E-state index contributed by atoms with van der Waals surface area (Å²) in [6, 6.07) is 8.17. The van der Waals surface area contributed by atoms with E-state index in [1.54, 1.807) is 18.2 Å². The van der Waals surface area contributed by atoms with Gasteiger partial charge in [0.1, 0.15) is 17.5 Å². The van der Waals surface area contributed by atoms with Crippen LogP contribution >= 0.6 is 11.6 Å². The number of nitrogens with one attached hydrogen (secondary N) is 2. The van der Waals surface area contributed by atoms with Gasteiger partial charge in [-0.1, -0.05) is 37.1 Å². The molecule has 0 amide bonds. The number of likely N-dealkylation sites (tertiary alicyclic amines) is 1. The van der Waals surface area contributed by atoms with E-state index < -0.39 is 23.0 Å².